The van der Waals surface area contributed by atoms with Crippen molar-refractivity contribution in [3.8, 4) is 0 Å². The van der Waals surface area contributed by atoms with Gasteiger partial charge >= 0.3 is 0 Å². The molecule has 0 unspecified atom stereocenters. The molecule has 1 N–H and O–H groups in total. The maximum atomic E-state index is 11.7. The third-order valence-electron chi connectivity index (χ3n) is 2.30. The number of carbonyl (C=O) groups is 2. The lowest BCUT2D eigenvalue weighted by Crippen LogP contribution is -2.06. The van der Waals surface area contributed by atoms with E-state index in [1.54, 1.807) is 18.2 Å². The highest BCUT2D eigenvalue weighted by atomic mass is 79.9. The molecule has 0 atom stereocenters. The van der Waals surface area contributed by atoms with Gasteiger partial charge in [0, 0.05) is 15.6 Å². The minimum Gasteiger partial charge on any atom is -0.506 e. The number of aliphatic hydroxyl groups excluding tert-OH is 1. The van der Waals surface area contributed by atoms with E-state index in [4.69, 9.17) is 0 Å². The van der Waals surface area contributed by atoms with Crippen LogP contribution in [0.1, 0.15) is 22.8 Å². The van der Waals surface area contributed by atoms with Crippen LogP contribution in [0.5, 0.6) is 0 Å². The van der Waals surface area contributed by atoms with E-state index in [2.05, 4.69) is 15.9 Å². The van der Waals surface area contributed by atoms with Gasteiger partial charge in [-0.2, -0.15) is 0 Å². The maximum Gasteiger partial charge on any atom is 0.201 e. The summed E-state index contributed by atoms with van der Waals surface area (Å²) in [6.45, 7) is 1.27. The lowest BCUT2D eigenvalue weighted by molar-refractivity contribution is -0.113. The van der Waals surface area contributed by atoms with Crippen LogP contribution in [0.2, 0.25) is 0 Å². The number of hydrogen-bond acceptors (Lipinski definition) is 3. The Morgan fingerprint density at radius 1 is 1.33 bits per heavy atom. The van der Waals surface area contributed by atoms with Crippen molar-refractivity contribution in [1.29, 1.82) is 0 Å². The van der Waals surface area contributed by atoms with Crippen LogP contribution in [0, 0.1) is 0 Å². The van der Waals surface area contributed by atoms with Crippen LogP contribution < -0.4 is 0 Å². The number of carbonyl (C=O) groups excluding carboxylic acids is 2. The highest BCUT2D eigenvalue weighted by molar-refractivity contribution is 9.10. The number of allylic oxidation sites excluding steroid dienone is 1. The van der Waals surface area contributed by atoms with Gasteiger partial charge in [-0.05, 0) is 25.1 Å². The third-order valence-corrected chi connectivity index (χ3v) is 2.79. The minimum absolute atomic E-state index is 0.122. The fraction of sp³-hybridized carbons (Fsp3) is 0.0909. The average molecular weight is 267 g/mol. The fourth-order valence-electron chi connectivity index (χ4n) is 1.61. The Kier molecular flexibility index (Phi) is 2.23. The fourth-order valence-corrected chi connectivity index (χ4v) is 1.97. The molecule has 0 radical (unpaired) electrons. The normalized spacial score (nSPS) is 14.4. The number of hydrogen-bond donors (Lipinski definition) is 1. The Hall–Kier alpha value is -1.42. The molecule has 0 spiro atoms. The van der Waals surface area contributed by atoms with E-state index < -0.39 is 11.6 Å². The van der Waals surface area contributed by atoms with Crippen molar-refractivity contribution in [3.05, 3.63) is 39.4 Å². The van der Waals surface area contributed by atoms with Crippen LogP contribution in [-0.2, 0) is 4.79 Å². The molecular formula is C11H7BrO3. The van der Waals surface area contributed by atoms with Gasteiger partial charge in [-0.15, -0.1) is 0 Å². The number of aliphatic hydroxyl groups is 1. The van der Waals surface area contributed by atoms with Gasteiger partial charge in [0.1, 0.15) is 11.3 Å². The Morgan fingerprint density at radius 3 is 2.60 bits per heavy atom. The average Bonchev–Trinajstić information content (AvgIpc) is 2.39. The summed E-state index contributed by atoms with van der Waals surface area (Å²) in [6.07, 6.45) is 0. The highest BCUT2D eigenvalue weighted by Gasteiger charge is 2.32. The molecule has 1 aromatic carbocycles. The molecule has 1 aliphatic carbocycles. The van der Waals surface area contributed by atoms with Gasteiger partial charge in [0.2, 0.25) is 5.78 Å². The van der Waals surface area contributed by atoms with E-state index in [1.165, 1.54) is 6.92 Å². The second kappa shape index (κ2) is 3.31. The van der Waals surface area contributed by atoms with Gasteiger partial charge in [-0.3, -0.25) is 9.59 Å². The number of ketones is 2. The summed E-state index contributed by atoms with van der Waals surface area (Å²) in [6, 6.07) is 4.92. The Morgan fingerprint density at radius 2 is 2.00 bits per heavy atom. The molecule has 0 bridgehead atoms. The van der Waals surface area contributed by atoms with Gasteiger partial charge in [-0.1, -0.05) is 15.9 Å². The molecule has 4 heteroatoms. The molecule has 3 nitrogen and oxygen atoms in total. The molecule has 1 aliphatic rings. The predicted molar refractivity (Wildman–Crippen MR) is 58.7 cm³/mol. The van der Waals surface area contributed by atoms with E-state index in [-0.39, 0.29) is 11.3 Å². The quantitative estimate of drug-likeness (QED) is 0.795. The highest BCUT2D eigenvalue weighted by Crippen LogP contribution is 2.33. The van der Waals surface area contributed by atoms with E-state index in [0.717, 1.165) is 4.47 Å². The van der Waals surface area contributed by atoms with Crippen molar-refractivity contribution in [2.75, 3.05) is 0 Å². The molecule has 0 aliphatic heterocycles. The molecule has 76 valence electrons. The molecule has 1 aromatic rings. The summed E-state index contributed by atoms with van der Waals surface area (Å²) in [4.78, 5) is 22.9. The first-order valence-corrected chi connectivity index (χ1v) is 5.10. The number of benzene rings is 1. The molecule has 0 saturated carbocycles. The van der Waals surface area contributed by atoms with Gasteiger partial charge in [0.25, 0.3) is 0 Å². The SMILES string of the molecule is CC(=O)C1=C(O)c2cc(Br)ccc2C1=O. The zero-order valence-corrected chi connectivity index (χ0v) is 9.46. The molecule has 0 saturated heterocycles. The lowest BCUT2D eigenvalue weighted by atomic mass is 10.1. The van der Waals surface area contributed by atoms with Gasteiger partial charge in [0.15, 0.2) is 5.78 Å². The van der Waals surface area contributed by atoms with Crippen LogP contribution in [0.15, 0.2) is 28.2 Å². The van der Waals surface area contributed by atoms with Crippen molar-refractivity contribution in [3.63, 3.8) is 0 Å². The maximum absolute atomic E-state index is 11.7. The standard InChI is InChI=1S/C11H7BrO3/c1-5(13)9-10(14)7-3-2-6(12)4-8(7)11(9)15/h2-4,15H,1H3. The summed E-state index contributed by atoms with van der Waals surface area (Å²) >= 11 is 3.24. The summed E-state index contributed by atoms with van der Waals surface area (Å²) in [5.74, 6) is -1.03. The zero-order valence-electron chi connectivity index (χ0n) is 7.87. The zero-order chi connectivity index (χ0) is 11.2. The van der Waals surface area contributed by atoms with E-state index in [0.29, 0.717) is 11.1 Å². The van der Waals surface area contributed by atoms with Gasteiger partial charge < -0.3 is 5.11 Å². The predicted octanol–water partition coefficient (Wildman–Crippen LogP) is 2.50. The van der Waals surface area contributed by atoms with Crippen LogP contribution in [0.25, 0.3) is 5.76 Å². The lowest BCUT2D eigenvalue weighted by Gasteiger charge is -1.98. The summed E-state index contributed by atoms with van der Waals surface area (Å²) < 4.78 is 0.755. The first-order valence-electron chi connectivity index (χ1n) is 4.31. The monoisotopic (exact) mass is 266 g/mol. The number of halogens is 1. The van der Waals surface area contributed by atoms with Crippen molar-refractivity contribution in [2.24, 2.45) is 0 Å². The van der Waals surface area contributed by atoms with Crippen LogP contribution in [-0.4, -0.2) is 16.7 Å². The van der Waals surface area contributed by atoms with Crippen LogP contribution in [0.4, 0.5) is 0 Å². The number of rotatable bonds is 1. The second-order valence-corrected chi connectivity index (χ2v) is 4.21. The van der Waals surface area contributed by atoms with Gasteiger partial charge in [0.05, 0.1) is 0 Å². The van der Waals surface area contributed by atoms with E-state index in [9.17, 15) is 14.7 Å². The van der Waals surface area contributed by atoms with Crippen molar-refractivity contribution in [2.45, 2.75) is 6.92 Å². The second-order valence-electron chi connectivity index (χ2n) is 3.30. The summed E-state index contributed by atoms with van der Waals surface area (Å²) in [7, 11) is 0. The largest absolute Gasteiger partial charge is 0.506 e. The Labute approximate surface area is 94.5 Å². The molecular weight excluding hydrogens is 260 g/mol. The van der Waals surface area contributed by atoms with Crippen LogP contribution in [0.3, 0.4) is 0 Å². The number of Topliss-reactive ketones (excluding diaryl/α,β-unsaturated/α-hetero) is 2. The van der Waals surface area contributed by atoms with Crippen molar-refractivity contribution in [1.82, 2.24) is 0 Å². The molecule has 15 heavy (non-hydrogen) atoms. The molecule has 0 fully saturated rings. The van der Waals surface area contributed by atoms with Crippen molar-refractivity contribution >= 4 is 33.3 Å². The topological polar surface area (TPSA) is 54.4 Å². The van der Waals surface area contributed by atoms with E-state index >= 15 is 0 Å². The molecule has 0 amide bonds. The summed E-state index contributed by atoms with van der Waals surface area (Å²) in [5.41, 5.74) is 0.670. The summed E-state index contributed by atoms with van der Waals surface area (Å²) in [5, 5.41) is 9.72. The molecule has 0 aromatic heterocycles. The van der Waals surface area contributed by atoms with Gasteiger partial charge in [-0.25, -0.2) is 0 Å². The Balaban J connectivity index is 2.70. The first kappa shape index (κ1) is 10.1. The third kappa shape index (κ3) is 1.41. The van der Waals surface area contributed by atoms with Crippen LogP contribution >= 0.6 is 15.9 Å². The minimum atomic E-state index is -0.412. The van der Waals surface area contributed by atoms with Crippen molar-refractivity contribution < 1.29 is 14.7 Å². The first-order chi connectivity index (χ1) is 7.02. The smallest absolute Gasteiger partial charge is 0.201 e. The Bertz CT molecular complexity index is 515. The number of fused-ring (bicyclic) bond motifs is 1. The molecule has 0 heterocycles. The molecule has 2 rings (SSSR count). The van der Waals surface area contributed by atoms with E-state index in [1.807, 2.05) is 0 Å².